The smallest absolute Gasteiger partial charge is 0.292 e. The van der Waals surface area contributed by atoms with Crippen LogP contribution in [0.1, 0.15) is 5.56 Å². The second-order valence-corrected chi connectivity index (χ2v) is 7.90. The van der Waals surface area contributed by atoms with E-state index < -0.39 is 14.9 Å². The molecule has 2 aromatic carbocycles. The zero-order valence-electron chi connectivity index (χ0n) is 13.4. The summed E-state index contributed by atoms with van der Waals surface area (Å²) in [7, 11) is -3.63. The Morgan fingerprint density at radius 1 is 1.19 bits per heavy atom. The van der Waals surface area contributed by atoms with Crippen molar-refractivity contribution in [3.05, 3.63) is 75.4 Å². The van der Waals surface area contributed by atoms with Gasteiger partial charge >= 0.3 is 0 Å². The number of nitro benzene ring substituents is 1. The predicted octanol–water partition coefficient (Wildman–Crippen LogP) is 3.68. The minimum Gasteiger partial charge on any atom is -0.393 e. The van der Waals surface area contributed by atoms with E-state index in [9.17, 15) is 18.5 Å². The first kappa shape index (κ1) is 18.0. The Balaban J connectivity index is 1.85. The summed E-state index contributed by atoms with van der Waals surface area (Å²) in [6.45, 7) is 0. The molecule has 0 atom stereocenters. The summed E-state index contributed by atoms with van der Waals surface area (Å²) in [5, 5.41) is 12.2. The van der Waals surface area contributed by atoms with E-state index in [0.29, 0.717) is 16.1 Å². The number of hydrogen-bond acceptors (Lipinski definition) is 5. The van der Waals surface area contributed by atoms with Crippen molar-refractivity contribution in [2.24, 2.45) is 0 Å². The van der Waals surface area contributed by atoms with Gasteiger partial charge in [0, 0.05) is 22.7 Å². The summed E-state index contributed by atoms with van der Waals surface area (Å²) >= 11 is 5.91. The SMILES string of the molecule is Nc1ccc(C=CCS(=O)(=O)n2ccc3cc(Cl)ccc32)cc1[N+](=O)[O-]. The highest BCUT2D eigenvalue weighted by molar-refractivity contribution is 7.90. The number of rotatable bonds is 5. The molecule has 7 nitrogen and oxygen atoms in total. The lowest BCUT2D eigenvalue weighted by Crippen LogP contribution is -2.14. The van der Waals surface area contributed by atoms with Crippen molar-refractivity contribution in [3.63, 3.8) is 0 Å². The van der Waals surface area contributed by atoms with Crippen LogP contribution in [0.25, 0.3) is 17.0 Å². The Morgan fingerprint density at radius 2 is 1.96 bits per heavy atom. The molecule has 1 aromatic heterocycles. The maximum atomic E-state index is 12.6. The van der Waals surface area contributed by atoms with Crippen LogP contribution in [-0.4, -0.2) is 23.1 Å². The second-order valence-electron chi connectivity index (χ2n) is 5.57. The van der Waals surface area contributed by atoms with E-state index in [1.54, 1.807) is 30.3 Å². The Kier molecular flexibility index (Phi) is 4.71. The molecule has 9 heteroatoms. The van der Waals surface area contributed by atoms with Gasteiger partial charge < -0.3 is 5.73 Å². The Morgan fingerprint density at radius 3 is 2.69 bits per heavy atom. The first-order valence-corrected chi connectivity index (χ1v) is 9.47. The van der Waals surface area contributed by atoms with Gasteiger partial charge in [-0.2, -0.15) is 0 Å². The molecule has 26 heavy (non-hydrogen) atoms. The van der Waals surface area contributed by atoms with Crippen LogP contribution in [0.4, 0.5) is 11.4 Å². The number of anilines is 1. The van der Waals surface area contributed by atoms with Gasteiger partial charge in [0.15, 0.2) is 0 Å². The molecule has 134 valence electrons. The molecule has 0 amide bonds. The molecule has 0 bridgehead atoms. The molecule has 0 saturated carbocycles. The molecule has 0 aliphatic rings. The molecular weight excluding hydrogens is 378 g/mol. The lowest BCUT2D eigenvalue weighted by atomic mass is 10.1. The highest BCUT2D eigenvalue weighted by Gasteiger charge is 2.15. The molecule has 0 unspecified atom stereocenters. The van der Waals surface area contributed by atoms with Crippen LogP contribution < -0.4 is 5.73 Å². The van der Waals surface area contributed by atoms with Crippen molar-refractivity contribution < 1.29 is 13.3 Å². The van der Waals surface area contributed by atoms with Crippen LogP contribution >= 0.6 is 11.6 Å². The maximum Gasteiger partial charge on any atom is 0.292 e. The fraction of sp³-hybridized carbons (Fsp3) is 0.0588. The molecule has 0 fully saturated rings. The van der Waals surface area contributed by atoms with Crippen LogP contribution in [0.15, 0.2) is 54.7 Å². The highest BCUT2D eigenvalue weighted by Crippen LogP contribution is 2.24. The number of fused-ring (bicyclic) bond motifs is 1. The number of benzene rings is 2. The number of nitrogens with zero attached hydrogens (tertiary/aromatic N) is 2. The molecule has 0 radical (unpaired) electrons. The Labute approximate surface area is 154 Å². The van der Waals surface area contributed by atoms with Gasteiger partial charge in [0.1, 0.15) is 5.69 Å². The van der Waals surface area contributed by atoms with E-state index in [1.807, 2.05) is 0 Å². The molecule has 0 aliphatic carbocycles. The van der Waals surface area contributed by atoms with Crippen molar-refractivity contribution in [2.75, 3.05) is 11.5 Å². The third-order valence-corrected chi connectivity index (χ3v) is 5.55. The van der Waals surface area contributed by atoms with Gasteiger partial charge in [0.25, 0.3) is 5.69 Å². The fourth-order valence-corrected chi connectivity index (χ4v) is 3.93. The second kappa shape index (κ2) is 6.81. The average Bonchev–Trinajstić information content (AvgIpc) is 2.99. The minimum absolute atomic E-state index is 0.0530. The van der Waals surface area contributed by atoms with Crippen LogP contribution in [-0.2, 0) is 10.0 Å². The topological polar surface area (TPSA) is 108 Å². The highest BCUT2D eigenvalue weighted by atomic mass is 35.5. The van der Waals surface area contributed by atoms with Gasteiger partial charge in [-0.05, 0) is 35.9 Å². The van der Waals surface area contributed by atoms with E-state index in [4.69, 9.17) is 17.3 Å². The molecule has 3 rings (SSSR count). The molecule has 0 spiro atoms. The zero-order chi connectivity index (χ0) is 18.9. The van der Waals surface area contributed by atoms with Crippen molar-refractivity contribution >= 4 is 50.0 Å². The van der Waals surface area contributed by atoms with Gasteiger partial charge in [-0.3, -0.25) is 10.1 Å². The molecule has 0 aliphatic heterocycles. The largest absolute Gasteiger partial charge is 0.393 e. The number of nitro groups is 1. The van der Waals surface area contributed by atoms with Crippen molar-refractivity contribution in [1.29, 1.82) is 0 Å². The van der Waals surface area contributed by atoms with Crippen LogP contribution in [0.3, 0.4) is 0 Å². The van der Waals surface area contributed by atoms with Gasteiger partial charge in [-0.15, -0.1) is 0 Å². The number of nitrogen functional groups attached to an aromatic ring is 1. The molecule has 1 heterocycles. The predicted molar refractivity (Wildman–Crippen MR) is 103 cm³/mol. The third-order valence-electron chi connectivity index (χ3n) is 3.78. The van der Waals surface area contributed by atoms with Gasteiger partial charge in [0.2, 0.25) is 10.0 Å². The average molecular weight is 392 g/mol. The van der Waals surface area contributed by atoms with Gasteiger partial charge in [-0.1, -0.05) is 29.8 Å². The van der Waals surface area contributed by atoms with Gasteiger partial charge in [0.05, 0.1) is 16.2 Å². The minimum atomic E-state index is -3.63. The molecule has 2 N–H and O–H groups in total. The number of aromatic nitrogens is 1. The number of nitrogens with two attached hydrogens (primary N) is 1. The Hall–Kier alpha value is -2.84. The molecule has 3 aromatic rings. The Bertz CT molecular complexity index is 1140. The summed E-state index contributed by atoms with van der Waals surface area (Å²) in [4.78, 5) is 10.3. The van der Waals surface area contributed by atoms with Crippen molar-refractivity contribution in [1.82, 2.24) is 3.97 Å². The molecular formula is C17H14ClN3O4S. The van der Waals surface area contributed by atoms with E-state index in [-0.39, 0.29) is 17.1 Å². The summed E-state index contributed by atoms with van der Waals surface area (Å²) < 4.78 is 26.3. The normalized spacial score (nSPS) is 12.0. The first-order valence-electron chi connectivity index (χ1n) is 7.48. The number of halogens is 1. The third kappa shape index (κ3) is 3.56. The van der Waals surface area contributed by atoms with Crippen LogP contribution in [0.2, 0.25) is 5.02 Å². The van der Waals surface area contributed by atoms with E-state index in [0.717, 1.165) is 5.39 Å². The fourth-order valence-electron chi connectivity index (χ4n) is 2.54. The summed E-state index contributed by atoms with van der Waals surface area (Å²) in [5.41, 5.74) is 6.40. The number of hydrogen-bond donors (Lipinski definition) is 1. The van der Waals surface area contributed by atoms with E-state index >= 15 is 0 Å². The van der Waals surface area contributed by atoms with E-state index in [1.165, 1.54) is 34.5 Å². The van der Waals surface area contributed by atoms with E-state index in [2.05, 4.69) is 0 Å². The van der Waals surface area contributed by atoms with Crippen LogP contribution in [0.5, 0.6) is 0 Å². The van der Waals surface area contributed by atoms with Gasteiger partial charge in [-0.25, -0.2) is 12.4 Å². The maximum absolute atomic E-state index is 12.6. The van der Waals surface area contributed by atoms with Crippen molar-refractivity contribution in [2.45, 2.75) is 0 Å². The quantitative estimate of drug-likeness (QED) is 0.405. The lowest BCUT2D eigenvalue weighted by molar-refractivity contribution is -0.383. The summed E-state index contributed by atoms with van der Waals surface area (Å²) in [5.74, 6) is -0.266. The van der Waals surface area contributed by atoms with Crippen LogP contribution in [0, 0.1) is 10.1 Å². The lowest BCUT2D eigenvalue weighted by Gasteiger charge is -2.05. The monoisotopic (exact) mass is 391 g/mol. The first-order chi connectivity index (χ1) is 12.3. The molecule has 0 saturated heterocycles. The zero-order valence-corrected chi connectivity index (χ0v) is 14.9. The summed E-state index contributed by atoms with van der Waals surface area (Å²) in [6.07, 6.45) is 4.41. The summed E-state index contributed by atoms with van der Waals surface area (Å²) in [6, 6.07) is 10.9. The standard InChI is InChI=1S/C17H14ClN3O4S/c18-14-4-6-16-13(11-14)7-8-20(16)26(24,25)9-1-2-12-3-5-15(19)17(10-12)21(22)23/h1-8,10-11H,9,19H2. The van der Waals surface area contributed by atoms with Crippen molar-refractivity contribution in [3.8, 4) is 0 Å².